The van der Waals surface area contributed by atoms with Gasteiger partial charge in [0.2, 0.25) is 10.0 Å². The highest BCUT2D eigenvalue weighted by Gasteiger charge is 2.17. The maximum absolute atomic E-state index is 12.5. The second kappa shape index (κ2) is 8.99. The number of hydrogen-bond donors (Lipinski definition) is 1. The number of benzene rings is 2. The first-order chi connectivity index (χ1) is 11.9. The van der Waals surface area contributed by atoms with Crippen molar-refractivity contribution < 1.29 is 17.9 Å². The number of nitrogens with one attached hydrogen (secondary N) is 1. The molecule has 5 nitrogen and oxygen atoms in total. The van der Waals surface area contributed by atoms with E-state index >= 15 is 0 Å². The van der Waals surface area contributed by atoms with Gasteiger partial charge in [0.25, 0.3) is 0 Å². The summed E-state index contributed by atoms with van der Waals surface area (Å²) in [6, 6.07) is 14.7. The molecule has 136 valence electrons. The van der Waals surface area contributed by atoms with Crippen molar-refractivity contribution in [2.45, 2.75) is 24.7 Å². The van der Waals surface area contributed by atoms with Crippen molar-refractivity contribution in [1.82, 2.24) is 4.72 Å². The predicted octanol–water partition coefficient (Wildman–Crippen LogP) is 3.10. The number of hydrogen-bond acceptors (Lipinski definition) is 4. The number of rotatable bonds is 9. The molecule has 0 saturated heterocycles. The van der Waals surface area contributed by atoms with E-state index in [4.69, 9.17) is 9.47 Å². The molecule has 0 heterocycles. The molecule has 0 fully saturated rings. The first-order valence-electron chi connectivity index (χ1n) is 8.21. The molecule has 0 aromatic heterocycles. The van der Waals surface area contributed by atoms with Gasteiger partial charge in [0, 0.05) is 13.7 Å². The molecule has 25 heavy (non-hydrogen) atoms. The van der Waals surface area contributed by atoms with Crippen LogP contribution in [0.1, 0.15) is 24.0 Å². The lowest BCUT2D eigenvalue weighted by Gasteiger charge is -2.14. The van der Waals surface area contributed by atoms with E-state index in [1.165, 1.54) is 0 Å². The summed E-state index contributed by atoms with van der Waals surface area (Å²) in [6.07, 6.45) is 0. The van der Waals surface area contributed by atoms with Crippen LogP contribution in [0, 0.1) is 6.92 Å². The summed E-state index contributed by atoms with van der Waals surface area (Å²) >= 11 is 0. The molecule has 2 rings (SSSR count). The highest BCUT2D eigenvalue weighted by Crippen LogP contribution is 2.22. The molecular formula is C19H25NO4S. The molecule has 0 amide bonds. The molecule has 0 bridgehead atoms. The topological polar surface area (TPSA) is 64.6 Å². The van der Waals surface area contributed by atoms with Crippen LogP contribution in [0.4, 0.5) is 0 Å². The van der Waals surface area contributed by atoms with Crippen LogP contribution in [-0.2, 0) is 14.8 Å². The highest BCUT2D eigenvalue weighted by molar-refractivity contribution is 7.89. The molecule has 0 radical (unpaired) electrons. The first-order valence-corrected chi connectivity index (χ1v) is 9.69. The molecule has 1 N–H and O–H groups in total. The van der Waals surface area contributed by atoms with Crippen LogP contribution in [0.3, 0.4) is 0 Å². The van der Waals surface area contributed by atoms with Gasteiger partial charge in [0.1, 0.15) is 12.4 Å². The van der Waals surface area contributed by atoms with Crippen molar-refractivity contribution >= 4 is 10.0 Å². The Labute approximate surface area is 150 Å². The van der Waals surface area contributed by atoms with Gasteiger partial charge in [0.15, 0.2) is 0 Å². The first kappa shape index (κ1) is 19.4. The van der Waals surface area contributed by atoms with Crippen LogP contribution in [0.2, 0.25) is 0 Å². The minimum absolute atomic E-state index is 0.0914. The maximum atomic E-state index is 12.5. The lowest BCUT2D eigenvalue weighted by atomic mass is 10.0. The molecule has 0 spiro atoms. The molecule has 0 aliphatic carbocycles. The van der Waals surface area contributed by atoms with E-state index < -0.39 is 10.0 Å². The lowest BCUT2D eigenvalue weighted by molar-refractivity contribution is 0.146. The molecular weight excluding hydrogens is 338 g/mol. The number of methoxy groups -OCH3 is 1. The average molecular weight is 363 g/mol. The second-order valence-electron chi connectivity index (χ2n) is 5.93. The summed E-state index contributed by atoms with van der Waals surface area (Å²) < 4.78 is 38.2. The molecule has 0 aliphatic heterocycles. The molecule has 6 heteroatoms. The van der Waals surface area contributed by atoms with Crippen LogP contribution in [-0.4, -0.2) is 35.3 Å². The van der Waals surface area contributed by atoms with Gasteiger partial charge in [-0.05, 0) is 42.2 Å². The zero-order valence-electron chi connectivity index (χ0n) is 14.9. The van der Waals surface area contributed by atoms with Gasteiger partial charge in [-0.25, -0.2) is 13.1 Å². The highest BCUT2D eigenvalue weighted by atomic mass is 32.2. The SMILES string of the molecule is COCCOc1ccc(S(=O)(=O)NCC(C)c2ccccc2)cc1C. The third-order valence-electron chi connectivity index (χ3n) is 3.95. The average Bonchev–Trinajstić information content (AvgIpc) is 2.62. The van der Waals surface area contributed by atoms with Gasteiger partial charge in [0.05, 0.1) is 11.5 Å². The smallest absolute Gasteiger partial charge is 0.240 e. The van der Waals surface area contributed by atoms with Crippen molar-refractivity contribution in [3.63, 3.8) is 0 Å². The van der Waals surface area contributed by atoms with Gasteiger partial charge in [-0.3, -0.25) is 0 Å². The third kappa shape index (κ3) is 5.56. The summed E-state index contributed by atoms with van der Waals surface area (Å²) in [5, 5.41) is 0. The number of sulfonamides is 1. The summed E-state index contributed by atoms with van der Waals surface area (Å²) in [5.74, 6) is 0.752. The minimum Gasteiger partial charge on any atom is -0.491 e. The van der Waals surface area contributed by atoms with E-state index in [1.54, 1.807) is 25.3 Å². The van der Waals surface area contributed by atoms with Crippen molar-refractivity contribution in [2.75, 3.05) is 26.9 Å². The Morgan fingerprint density at radius 2 is 1.80 bits per heavy atom. The zero-order chi connectivity index (χ0) is 18.3. The number of aryl methyl sites for hydroxylation is 1. The van der Waals surface area contributed by atoms with E-state index in [2.05, 4.69) is 4.72 Å². The molecule has 1 unspecified atom stereocenters. The fourth-order valence-electron chi connectivity index (χ4n) is 2.40. The largest absolute Gasteiger partial charge is 0.491 e. The molecule has 2 aromatic carbocycles. The standard InChI is InChI=1S/C19H25NO4S/c1-15-13-18(9-10-19(15)24-12-11-23-3)25(21,22)20-14-16(2)17-7-5-4-6-8-17/h4-10,13,16,20H,11-12,14H2,1-3H3. The van der Waals surface area contributed by atoms with E-state index in [1.807, 2.05) is 44.2 Å². The molecule has 2 aromatic rings. The van der Waals surface area contributed by atoms with Crippen molar-refractivity contribution in [1.29, 1.82) is 0 Å². The fraction of sp³-hybridized carbons (Fsp3) is 0.368. The van der Waals surface area contributed by atoms with E-state index in [0.29, 0.717) is 25.5 Å². The van der Waals surface area contributed by atoms with Crippen LogP contribution < -0.4 is 9.46 Å². The number of ether oxygens (including phenoxy) is 2. The Morgan fingerprint density at radius 3 is 2.44 bits per heavy atom. The Balaban J connectivity index is 2.02. The van der Waals surface area contributed by atoms with Gasteiger partial charge in [-0.15, -0.1) is 0 Å². The van der Waals surface area contributed by atoms with Gasteiger partial charge < -0.3 is 9.47 Å². The molecule has 0 aliphatic rings. The fourth-order valence-corrected chi connectivity index (χ4v) is 3.62. The quantitative estimate of drug-likeness (QED) is 0.695. The zero-order valence-corrected chi connectivity index (χ0v) is 15.7. The summed E-state index contributed by atoms with van der Waals surface area (Å²) in [5.41, 5.74) is 1.87. The van der Waals surface area contributed by atoms with Crippen molar-refractivity contribution in [3.05, 3.63) is 59.7 Å². The monoisotopic (exact) mass is 363 g/mol. The summed E-state index contributed by atoms with van der Waals surface area (Å²) in [7, 11) is -1.95. The molecule has 1 atom stereocenters. The Kier molecular flexibility index (Phi) is 6.99. The maximum Gasteiger partial charge on any atom is 0.240 e. The van der Waals surface area contributed by atoms with E-state index in [9.17, 15) is 8.42 Å². The molecule has 0 saturated carbocycles. The van der Waals surface area contributed by atoms with Crippen LogP contribution in [0.5, 0.6) is 5.75 Å². The Bertz CT molecular complexity index is 775. The van der Waals surface area contributed by atoms with E-state index in [-0.39, 0.29) is 10.8 Å². The van der Waals surface area contributed by atoms with E-state index in [0.717, 1.165) is 11.1 Å². The van der Waals surface area contributed by atoms with Crippen LogP contribution in [0.25, 0.3) is 0 Å². The van der Waals surface area contributed by atoms with Crippen molar-refractivity contribution in [3.8, 4) is 5.75 Å². The third-order valence-corrected chi connectivity index (χ3v) is 5.37. The van der Waals surface area contributed by atoms with Crippen molar-refractivity contribution in [2.24, 2.45) is 0 Å². The summed E-state index contributed by atoms with van der Waals surface area (Å²) in [4.78, 5) is 0.240. The predicted molar refractivity (Wildman–Crippen MR) is 98.6 cm³/mol. The van der Waals surface area contributed by atoms with Gasteiger partial charge in [-0.1, -0.05) is 37.3 Å². The van der Waals surface area contributed by atoms with Crippen LogP contribution >= 0.6 is 0 Å². The second-order valence-corrected chi connectivity index (χ2v) is 7.70. The van der Waals surface area contributed by atoms with Gasteiger partial charge >= 0.3 is 0 Å². The Morgan fingerprint density at radius 1 is 1.08 bits per heavy atom. The lowest BCUT2D eigenvalue weighted by Crippen LogP contribution is -2.27. The normalized spacial score (nSPS) is 12.8. The summed E-state index contributed by atoms with van der Waals surface area (Å²) in [6.45, 7) is 5.08. The van der Waals surface area contributed by atoms with Crippen LogP contribution in [0.15, 0.2) is 53.4 Å². The van der Waals surface area contributed by atoms with Gasteiger partial charge in [-0.2, -0.15) is 0 Å². The Hall–Kier alpha value is -1.89. The minimum atomic E-state index is -3.56.